The number of carbonyl (C=O) groups is 2. The highest BCUT2D eigenvalue weighted by molar-refractivity contribution is 6.22. The first-order chi connectivity index (χ1) is 8.62. The van der Waals surface area contributed by atoms with Gasteiger partial charge in [0.25, 0.3) is 0 Å². The molecule has 0 aromatic carbocycles. The third-order valence-corrected chi connectivity index (χ3v) is 3.96. The van der Waals surface area contributed by atoms with Gasteiger partial charge in [-0.15, -0.1) is 0 Å². The molecule has 2 aliphatic rings. The average Bonchev–Trinajstić information content (AvgIpc) is 2.89. The number of hydrogen-bond donors (Lipinski definition) is 1. The van der Waals surface area contributed by atoms with Gasteiger partial charge in [0.15, 0.2) is 0 Å². The predicted molar refractivity (Wildman–Crippen MR) is 66.7 cm³/mol. The summed E-state index contributed by atoms with van der Waals surface area (Å²) in [5.74, 6) is 0.171. The smallest absolute Gasteiger partial charge is 0.241 e. The van der Waals surface area contributed by atoms with Crippen LogP contribution < -0.4 is 10.6 Å². The molecule has 0 bridgehead atoms. The van der Waals surface area contributed by atoms with Gasteiger partial charge in [-0.2, -0.15) is 0 Å². The number of amides is 2. The molecule has 94 valence electrons. The van der Waals surface area contributed by atoms with Crippen LogP contribution in [0.25, 0.3) is 0 Å². The standard InChI is InChI=1S/C13H15N3O2/c14-9-3-4-10(15-8-9)16-11(17)7-13(12(16)18)5-1-2-6-13/h3-4,8H,1-2,5-7,14H2. The lowest BCUT2D eigenvalue weighted by Gasteiger charge is -2.20. The van der Waals surface area contributed by atoms with E-state index in [1.807, 2.05) is 0 Å². The van der Waals surface area contributed by atoms with Crippen molar-refractivity contribution in [2.45, 2.75) is 32.1 Å². The largest absolute Gasteiger partial charge is 0.397 e. The van der Waals surface area contributed by atoms with E-state index < -0.39 is 5.41 Å². The second-order valence-corrected chi connectivity index (χ2v) is 5.15. The Morgan fingerprint density at radius 1 is 1.22 bits per heavy atom. The molecule has 0 atom stereocenters. The van der Waals surface area contributed by atoms with E-state index in [4.69, 9.17) is 5.73 Å². The topological polar surface area (TPSA) is 76.3 Å². The highest BCUT2D eigenvalue weighted by atomic mass is 16.2. The van der Waals surface area contributed by atoms with Crippen LogP contribution in [0.5, 0.6) is 0 Å². The molecule has 2 N–H and O–H groups in total. The molecule has 0 unspecified atom stereocenters. The summed E-state index contributed by atoms with van der Waals surface area (Å²) in [4.78, 5) is 29.8. The first-order valence-electron chi connectivity index (χ1n) is 6.21. The SMILES string of the molecule is Nc1ccc(N2C(=O)CC3(CCCC3)C2=O)nc1. The summed E-state index contributed by atoms with van der Waals surface area (Å²) in [6.45, 7) is 0. The number of carbonyl (C=O) groups excluding carboxylic acids is 2. The number of rotatable bonds is 1. The van der Waals surface area contributed by atoms with Gasteiger partial charge in [0, 0.05) is 6.42 Å². The lowest BCUT2D eigenvalue weighted by atomic mass is 9.84. The zero-order valence-corrected chi connectivity index (χ0v) is 10.1. The Hall–Kier alpha value is -1.91. The van der Waals surface area contributed by atoms with E-state index in [1.54, 1.807) is 12.1 Å². The molecule has 0 radical (unpaired) electrons. The van der Waals surface area contributed by atoms with Crippen molar-refractivity contribution in [3.63, 3.8) is 0 Å². The van der Waals surface area contributed by atoms with Crippen LogP contribution in [0.3, 0.4) is 0 Å². The number of pyridine rings is 1. The van der Waals surface area contributed by atoms with Crippen LogP contribution in [0.15, 0.2) is 18.3 Å². The normalized spacial score (nSPS) is 22.1. The molecular weight excluding hydrogens is 230 g/mol. The summed E-state index contributed by atoms with van der Waals surface area (Å²) in [6.07, 6.45) is 5.50. The van der Waals surface area contributed by atoms with E-state index >= 15 is 0 Å². The van der Waals surface area contributed by atoms with Gasteiger partial charge in [0.05, 0.1) is 17.3 Å². The van der Waals surface area contributed by atoms with Crippen molar-refractivity contribution in [2.24, 2.45) is 5.41 Å². The molecule has 1 aromatic rings. The third kappa shape index (κ3) is 1.50. The Balaban J connectivity index is 1.95. The van der Waals surface area contributed by atoms with Gasteiger partial charge in [-0.05, 0) is 25.0 Å². The molecule has 2 fully saturated rings. The minimum atomic E-state index is -0.444. The van der Waals surface area contributed by atoms with Gasteiger partial charge in [-0.3, -0.25) is 9.59 Å². The number of anilines is 2. The predicted octanol–water partition coefficient (Wildman–Crippen LogP) is 1.49. The molecule has 2 amide bonds. The fourth-order valence-electron chi connectivity index (χ4n) is 3.00. The lowest BCUT2D eigenvalue weighted by molar-refractivity contribution is -0.125. The first kappa shape index (κ1) is 11.2. The van der Waals surface area contributed by atoms with Crippen LogP contribution in [0.1, 0.15) is 32.1 Å². The summed E-state index contributed by atoms with van der Waals surface area (Å²) in [6, 6.07) is 3.28. The van der Waals surface area contributed by atoms with Crippen LogP contribution in [0.4, 0.5) is 11.5 Å². The monoisotopic (exact) mass is 245 g/mol. The van der Waals surface area contributed by atoms with Gasteiger partial charge in [-0.25, -0.2) is 9.88 Å². The fraction of sp³-hybridized carbons (Fsp3) is 0.462. The molecule has 5 heteroatoms. The molecule has 1 aromatic heterocycles. The number of nitrogens with zero attached hydrogens (tertiary/aromatic N) is 2. The highest BCUT2D eigenvalue weighted by Gasteiger charge is 2.53. The Kier molecular flexibility index (Phi) is 2.36. The molecule has 1 aliphatic heterocycles. The van der Waals surface area contributed by atoms with Crippen molar-refractivity contribution in [1.29, 1.82) is 0 Å². The molecule has 5 nitrogen and oxygen atoms in total. The maximum absolute atomic E-state index is 12.5. The molecule has 1 saturated carbocycles. The molecule has 18 heavy (non-hydrogen) atoms. The number of imide groups is 1. The van der Waals surface area contributed by atoms with Crippen LogP contribution >= 0.6 is 0 Å². The van der Waals surface area contributed by atoms with E-state index in [-0.39, 0.29) is 11.8 Å². The Labute approximate surface area is 105 Å². The van der Waals surface area contributed by atoms with Gasteiger partial charge < -0.3 is 5.73 Å². The van der Waals surface area contributed by atoms with E-state index in [1.165, 1.54) is 11.1 Å². The lowest BCUT2D eigenvalue weighted by Crippen LogP contribution is -2.34. The van der Waals surface area contributed by atoms with Crippen LogP contribution in [0.2, 0.25) is 0 Å². The second kappa shape index (κ2) is 3.80. The van der Waals surface area contributed by atoms with E-state index in [2.05, 4.69) is 4.98 Å². The number of nitrogens with two attached hydrogens (primary N) is 1. The highest BCUT2D eigenvalue weighted by Crippen LogP contribution is 2.47. The molecule has 3 rings (SSSR count). The van der Waals surface area contributed by atoms with E-state index in [0.717, 1.165) is 25.7 Å². The first-order valence-corrected chi connectivity index (χ1v) is 6.21. The molecule has 1 spiro atoms. The van der Waals surface area contributed by atoms with Crippen molar-refractivity contribution in [3.05, 3.63) is 18.3 Å². The number of nitrogen functional groups attached to an aromatic ring is 1. The number of aromatic nitrogens is 1. The summed E-state index contributed by atoms with van der Waals surface area (Å²) in [7, 11) is 0. The summed E-state index contributed by atoms with van der Waals surface area (Å²) in [5, 5.41) is 0. The minimum absolute atomic E-state index is 0.0812. The molecule has 1 saturated heterocycles. The van der Waals surface area contributed by atoms with E-state index in [0.29, 0.717) is 17.9 Å². The minimum Gasteiger partial charge on any atom is -0.397 e. The van der Waals surface area contributed by atoms with Gasteiger partial charge in [-0.1, -0.05) is 12.8 Å². The summed E-state index contributed by atoms with van der Waals surface area (Å²) in [5.41, 5.74) is 5.64. The molecular formula is C13H15N3O2. The van der Waals surface area contributed by atoms with Gasteiger partial charge >= 0.3 is 0 Å². The van der Waals surface area contributed by atoms with Gasteiger partial charge in [0.1, 0.15) is 5.82 Å². The van der Waals surface area contributed by atoms with Gasteiger partial charge in [0.2, 0.25) is 11.8 Å². The van der Waals surface area contributed by atoms with Crippen molar-refractivity contribution in [2.75, 3.05) is 10.6 Å². The molecule has 2 heterocycles. The Morgan fingerprint density at radius 3 is 2.56 bits per heavy atom. The van der Waals surface area contributed by atoms with Crippen LogP contribution in [-0.4, -0.2) is 16.8 Å². The quantitative estimate of drug-likeness (QED) is 0.760. The Bertz CT molecular complexity index is 503. The Morgan fingerprint density at radius 2 is 1.94 bits per heavy atom. The van der Waals surface area contributed by atoms with Crippen molar-refractivity contribution in [3.8, 4) is 0 Å². The molecule has 1 aliphatic carbocycles. The van der Waals surface area contributed by atoms with Crippen LogP contribution in [0, 0.1) is 5.41 Å². The zero-order valence-electron chi connectivity index (χ0n) is 10.1. The summed E-state index contributed by atoms with van der Waals surface area (Å²) >= 11 is 0. The third-order valence-electron chi connectivity index (χ3n) is 3.96. The zero-order chi connectivity index (χ0) is 12.8. The van der Waals surface area contributed by atoms with Crippen molar-refractivity contribution >= 4 is 23.3 Å². The summed E-state index contributed by atoms with van der Waals surface area (Å²) < 4.78 is 0. The maximum atomic E-state index is 12.5. The van der Waals surface area contributed by atoms with Crippen molar-refractivity contribution in [1.82, 2.24) is 4.98 Å². The fourth-order valence-corrected chi connectivity index (χ4v) is 3.00. The van der Waals surface area contributed by atoms with Crippen LogP contribution in [-0.2, 0) is 9.59 Å². The second-order valence-electron chi connectivity index (χ2n) is 5.15. The number of hydrogen-bond acceptors (Lipinski definition) is 4. The average molecular weight is 245 g/mol. The van der Waals surface area contributed by atoms with Crippen molar-refractivity contribution < 1.29 is 9.59 Å². The van der Waals surface area contributed by atoms with E-state index in [9.17, 15) is 9.59 Å². The maximum Gasteiger partial charge on any atom is 0.241 e.